The minimum absolute atomic E-state index is 0.230. The molecule has 2 atom stereocenters. The van der Waals surface area contributed by atoms with E-state index in [1.54, 1.807) is 18.3 Å². The van der Waals surface area contributed by atoms with Crippen LogP contribution in [0.15, 0.2) is 30.5 Å². The number of rotatable bonds is 4. The summed E-state index contributed by atoms with van der Waals surface area (Å²) < 4.78 is 20.7. The Labute approximate surface area is 133 Å². The number of hydrogen-bond donors (Lipinski definition) is 1. The van der Waals surface area contributed by atoms with E-state index in [0.29, 0.717) is 23.9 Å². The van der Waals surface area contributed by atoms with Gasteiger partial charge in [0.25, 0.3) is 5.91 Å². The first-order valence-corrected chi connectivity index (χ1v) is 7.91. The number of ether oxygens (including phenoxy) is 1. The van der Waals surface area contributed by atoms with E-state index in [1.807, 2.05) is 4.68 Å². The largest absolute Gasteiger partial charge is 0.480 e. The van der Waals surface area contributed by atoms with Crippen molar-refractivity contribution in [3.63, 3.8) is 0 Å². The molecule has 2 aliphatic rings. The van der Waals surface area contributed by atoms with Crippen molar-refractivity contribution in [3.8, 4) is 5.75 Å². The average molecular weight is 315 g/mol. The summed E-state index contributed by atoms with van der Waals surface area (Å²) in [7, 11) is 0. The standard InChI is InChI=1S/C17H18FN3O2/c1-10(11-2-3-11)21-16(6-7-19-21)20-17(22)15-9-12-8-13(18)4-5-14(12)23-15/h4-8,10-11,15H,2-3,9H2,1H3,(H,20,22)/t10-,15+/m1/s1. The summed E-state index contributed by atoms with van der Waals surface area (Å²) in [5.41, 5.74) is 0.727. The van der Waals surface area contributed by atoms with E-state index in [9.17, 15) is 9.18 Å². The third kappa shape index (κ3) is 2.69. The normalized spacial score (nSPS) is 20.7. The molecule has 0 saturated heterocycles. The molecule has 4 rings (SSSR count). The van der Waals surface area contributed by atoms with Crippen LogP contribution in [0.3, 0.4) is 0 Å². The SMILES string of the molecule is C[C@H](C1CC1)n1nccc1NC(=O)[C@@H]1Cc2cc(F)ccc2O1. The van der Waals surface area contributed by atoms with Crippen molar-refractivity contribution in [1.82, 2.24) is 9.78 Å². The number of carbonyl (C=O) groups is 1. The van der Waals surface area contributed by atoms with Crippen LogP contribution >= 0.6 is 0 Å². The van der Waals surface area contributed by atoms with E-state index in [-0.39, 0.29) is 17.8 Å². The zero-order chi connectivity index (χ0) is 16.0. The third-order valence-electron chi connectivity index (χ3n) is 4.60. The lowest BCUT2D eigenvalue weighted by Crippen LogP contribution is -2.32. The molecule has 5 nitrogen and oxygen atoms in total. The minimum Gasteiger partial charge on any atom is -0.480 e. The maximum atomic E-state index is 13.3. The van der Waals surface area contributed by atoms with Crippen LogP contribution in [0.5, 0.6) is 5.75 Å². The Morgan fingerprint density at radius 2 is 2.26 bits per heavy atom. The van der Waals surface area contributed by atoms with Crippen LogP contribution in [0.1, 0.15) is 31.4 Å². The number of amides is 1. The van der Waals surface area contributed by atoms with E-state index < -0.39 is 6.10 Å². The Balaban J connectivity index is 1.46. The van der Waals surface area contributed by atoms with E-state index in [0.717, 1.165) is 5.56 Å². The Bertz CT molecular complexity index is 754. The van der Waals surface area contributed by atoms with Crippen molar-refractivity contribution in [2.24, 2.45) is 5.92 Å². The van der Waals surface area contributed by atoms with Gasteiger partial charge in [0.2, 0.25) is 0 Å². The average Bonchev–Trinajstić information content (AvgIpc) is 3.13. The molecule has 2 aromatic rings. The Hall–Kier alpha value is -2.37. The van der Waals surface area contributed by atoms with Gasteiger partial charge in [0.15, 0.2) is 6.10 Å². The van der Waals surface area contributed by atoms with Gasteiger partial charge < -0.3 is 10.1 Å². The lowest BCUT2D eigenvalue weighted by molar-refractivity contribution is -0.122. The number of fused-ring (bicyclic) bond motifs is 1. The van der Waals surface area contributed by atoms with Gasteiger partial charge in [-0.15, -0.1) is 0 Å². The van der Waals surface area contributed by atoms with Gasteiger partial charge in [-0.1, -0.05) is 0 Å². The summed E-state index contributed by atoms with van der Waals surface area (Å²) in [5, 5.41) is 7.21. The summed E-state index contributed by atoms with van der Waals surface area (Å²) in [6.07, 6.45) is 3.85. The van der Waals surface area contributed by atoms with Crippen LogP contribution in [0.25, 0.3) is 0 Å². The van der Waals surface area contributed by atoms with Crippen molar-refractivity contribution < 1.29 is 13.9 Å². The molecule has 1 aliphatic heterocycles. The van der Waals surface area contributed by atoms with Gasteiger partial charge >= 0.3 is 0 Å². The molecule has 0 unspecified atom stereocenters. The predicted molar refractivity (Wildman–Crippen MR) is 82.8 cm³/mol. The monoisotopic (exact) mass is 315 g/mol. The first-order valence-electron chi connectivity index (χ1n) is 7.91. The van der Waals surface area contributed by atoms with Crippen LogP contribution in [-0.2, 0) is 11.2 Å². The fraction of sp³-hybridized carbons (Fsp3) is 0.412. The summed E-state index contributed by atoms with van der Waals surface area (Å²) in [6.45, 7) is 2.12. The zero-order valence-corrected chi connectivity index (χ0v) is 12.8. The molecular weight excluding hydrogens is 297 g/mol. The second kappa shape index (κ2) is 5.37. The zero-order valence-electron chi connectivity index (χ0n) is 12.8. The minimum atomic E-state index is -0.633. The summed E-state index contributed by atoms with van der Waals surface area (Å²) >= 11 is 0. The van der Waals surface area contributed by atoms with Crippen LogP contribution in [0, 0.1) is 11.7 Å². The molecule has 1 aromatic carbocycles. The van der Waals surface area contributed by atoms with Gasteiger partial charge in [-0.3, -0.25) is 4.79 Å². The van der Waals surface area contributed by atoms with Gasteiger partial charge in [0.05, 0.1) is 12.2 Å². The predicted octanol–water partition coefficient (Wildman–Crippen LogP) is 2.94. The lowest BCUT2D eigenvalue weighted by atomic mass is 10.1. The number of aromatic nitrogens is 2. The number of halogens is 1. The molecule has 6 heteroatoms. The number of benzene rings is 1. The molecule has 1 aromatic heterocycles. The number of hydrogen-bond acceptors (Lipinski definition) is 3. The van der Waals surface area contributed by atoms with Gasteiger partial charge in [-0.2, -0.15) is 5.10 Å². The maximum Gasteiger partial charge on any atom is 0.266 e. The molecule has 23 heavy (non-hydrogen) atoms. The molecular formula is C17H18FN3O2. The molecule has 0 spiro atoms. The highest BCUT2D eigenvalue weighted by molar-refractivity contribution is 5.94. The van der Waals surface area contributed by atoms with Gasteiger partial charge in [-0.05, 0) is 43.9 Å². The third-order valence-corrected chi connectivity index (χ3v) is 4.60. The van der Waals surface area contributed by atoms with Crippen molar-refractivity contribution >= 4 is 11.7 Å². The molecule has 1 N–H and O–H groups in total. The first-order chi connectivity index (χ1) is 11.1. The molecule has 1 amide bonds. The fourth-order valence-corrected chi connectivity index (χ4v) is 3.09. The van der Waals surface area contributed by atoms with Crippen molar-refractivity contribution in [2.45, 2.75) is 38.3 Å². The number of carbonyl (C=O) groups excluding carboxylic acids is 1. The van der Waals surface area contributed by atoms with E-state index in [1.165, 1.54) is 25.0 Å². The number of nitrogens with one attached hydrogen (secondary N) is 1. The van der Waals surface area contributed by atoms with Gasteiger partial charge in [0, 0.05) is 18.1 Å². The Morgan fingerprint density at radius 3 is 3.04 bits per heavy atom. The van der Waals surface area contributed by atoms with Crippen LogP contribution in [-0.4, -0.2) is 21.8 Å². The molecule has 0 bridgehead atoms. The molecule has 2 heterocycles. The summed E-state index contributed by atoms with van der Waals surface area (Å²) in [5.74, 6) is 1.35. The van der Waals surface area contributed by atoms with E-state index in [4.69, 9.17) is 4.74 Å². The molecule has 1 saturated carbocycles. The molecule has 120 valence electrons. The summed E-state index contributed by atoms with van der Waals surface area (Å²) in [6, 6.07) is 6.39. The Kier molecular flexibility index (Phi) is 3.32. The summed E-state index contributed by atoms with van der Waals surface area (Å²) in [4.78, 5) is 12.5. The molecule has 0 radical (unpaired) electrons. The van der Waals surface area contributed by atoms with Crippen molar-refractivity contribution in [3.05, 3.63) is 41.8 Å². The molecule has 1 fully saturated rings. The molecule has 1 aliphatic carbocycles. The van der Waals surface area contributed by atoms with Crippen molar-refractivity contribution in [1.29, 1.82) is 0 Å². The highest BCUT2D eigenvalue weighted by Gasteiger charge is 2.33. The maximum absolute atomic E-state index is 13.3. The highest BCUT2D eigenvalue weighted by atomic mass is 19.1. The van der Waals surface area contributed by atoms with Crippen LogP contribution in [0.2, 0.25) is 0 Å². The van der Waals surface area contributed by atoms with Crippen LogP contribution < -0.4 is 10.1 Å². The quantitative estimate of drug-likeness (QED) is 0.944. The highest BCUT2D eigenvalue weighted by Crippen LogP contribution is 2.40. The van der Waals surface area contributed by atoms with E-state index in [2.05, 4.69) is 17.3 Å². The van der Waals surface area contributed by atoms with Gasteiger partial charge in [-0.25, -0.2) is 9.07 Å². The number of anilines is 1. The smallest absolute Gasteiger partial charge is 0.266 e. The fourth-order valence-electron chi connectivity index (χ4n) is 3.09. The van der Waals surface area contributed by atoms with E-state index >= 15 is 0 Å². The second-order valence-electron chi connectivity index (χ2n) is 6.29. The Morgan fingerprint density at radius 1 is 1.43 bits per heavy atom. The topological polar surface area (TPSA) is 56.2 Å². The number of nitrogens with zero attached hydrogens (tertiary/aromatic N) is 2. The van der Waals surface area contributed by atoms with Crippen molar-refractivity contribution in [2.75, 3.05) is 5.32 Å². The van der Waals surface area contributed by atoms with Crippen LogP contribution in [0.4, 0.5) is 10.2 Å². The second-order valence-corrected chi connectivity index (χ2v) is 6.29. The lowest BCUT2D eigenvalue weighted by Gasteiger charge is -2.17. The first kappa shape index (κ1) is 14.2. The van der Waals surface area contributed by atoms with Gasteiger partial charge in [0.1, 0.15) is 17.4 Å².